The van der Waals surface area contributed by atoms with E-state index in [1.165, 1.54) is 10.6 Å². The Bertz CT molecular complexity index is 786. The van der Waals surface area contributed by atoms with Gasteiger partial charge in [0, 0.05) is 26.2 Å². The Morgan fingerprint density at radius 1 is 1.36 bits per heavy atom. The fourth-order valence-electron chi connectivity index (χ4n) is 2.29. The summed E-state index contributed by atoms with van der Waals surface area (Å²) in [5, 5.41) is 6.35. The maximum absolute atomic E-state index is 11.5. The maximum atomic E-state index is 11.5. The highest BCUT2D eigenvalue weighted by atomic mass is 32.2. The number of aromatic nitrogens is 2. The van der Waals surface area contributed by atoms with Crippen molar-refractivity contribution in [3.63, 3.8) is 0 Å². The lowest BCUT2D eigenvalue weighted by Crippen LogP contribution is -2.48. The molecule has 1 aliphatic rings. The lowest BCUT2D eigenvalue weighted by atomic mass is 10.4. The minimum Gasteiger partial charge on any atom is -0.408 e. The van der Waals surface area contributed by atoms with Gasteiger partial charge in [-0.05, 0) is 23.7 Å². The van der Waals surface area contributed by atoms with Crippen LogP contribution in [-0.4, -0.2) is 59.8 Å². The van der Waals surface area contributed by atoms with Gasteiger partial charge in [-0.15, -0.1) is 16.4 Å². The molecule has 0 aromatic carbocycles. The highest BCUT2D eigenvalue weighted by Gasteiger charge is 2.24. The lowest BCUT2D eigenvalue weighted by Gasteiger charge is -2.32. The summed E-state index contributed by atoms with van der Waals surface area (Å²) in [6.07, 6.45) is 1.24. The number of rotatable bonds is 4. The Morgan fingerprint density at radius 3 is 2.68 bits per heavy atom. The Hall–Kier alpha value is -1.07. The third kappa shape index (κ3) is 3.46. The standard InChI is InChI=1S/C12H16N4O3S3/c1-22(17,18)15-6-4-14(5-7-15)9-16-12(20)19-11(13-16)10-3-2-8-21-10/h2-3,8H,4-7,9H2,1H3. The molecular weight excluding hydrogens is 344 g/mol. The molecule has 1 fully saturated rings. The number of nitrogens with zero attached hydrogens (tertiary/aromatic N) is 4. The van der Waals surface area contributed by atoms with Crippen LogP contribution in [0.25, 0.3) is 10.8 Å². The fraction of sp³-hybridized carbons (Fsp3) is 0.500. The van der Waals surface area contributed by atoms with Crippen LogP contribution >= 0.6 is 23.6 Å². The summed E-state index contributed by atoms with van der Waals surface area (Å²) in [5.74, 6) is 0.523. The van der Waals surface area contributed by atoms with Crippen LogP contribution in [0, 0.1) is 4.84 Å². The summed E-state index contributed by atoms with van der Waals surface area (Å²) in [7, 11) is -3.11. The van der Waals surface area contributed by atoms with Gasteiger partial charge in [-0.2, -0.15) is 4.31 Å². The Morgan fingerprint density at radius 2 is 2.09 bits per heavy atom. The van der Waals surface area contributed by atoms with Gasteiger partial charge in [0.15, 0.2) is 0 Å². The van der Waals surface area contributed by atoms with Crippen LogP contribution in [0.4, 0.5) is 0 Å². The van der Waals surface area contributed by atoms with Crippen molar-refractivity contribution in [1.29, 1.82) is 0 Å². The van der Waals surface area contributed by atoms with E-state index in [9.17, 15) is 8.42 Å². The van der Waals surface area contributed by atoms with Gasteiger partial charge >= 0.3 is 0 Å². The number of hydrogen-bond donors (Lipinski definition) is 0. The van der Waals surface area contributed by atoms with Crippen molar-refractivity contribution in [2.45, 2.75) is 6.67 Å². The average molecular weight is 360 g/mol. The van der Waals surface area contributed by atoms with E-state index >= 15 is 0 Å². The third-order valence-electron chi connectivity index (χ3n) is 3.47. The molecule has 3 rings (SSSR count). The first-order valence-electron chi connectivity index (χ1n) is 6.73. The van der Waals surface area contributed by atoms with E-state index in [1.54, 1.807) is 16.0 Å². The number of piperazine rings is 1. The van der Waals surface area contributed by atoms with Crippen molar-refractivity contribution in [2.75, 3.05) is 32.4 Å². The van der Waals surface area contributed by atoms with Crippen molar-refractivity contribution >= 4 is 33.6 Å². The number of sulfonamides is 1. The first-order chi connectivity index (χ1) is 10.4. The van der Waals surface area contributed by atoms with Crippen molar-refractivity contribution < 1.29 is 12.8 Å². The molecule has 10 heteroatoms. The molecule has 0 aliphatic carbocycles. The Balaban J connectivity index is 1.67. The van der Waals surface area contributed by atoms with Gasteiger partial charge in [-0.25, -0.2) is 13.1 Å². The molecule has 3 heterocycles. The van der Waals surface area contributed by atoms with E-state index in [2.05, 4.69) is 10.00 Å². The molecule has 0 amide bonds. The molecule has 22 heavy (non-hydrogen) atoms. The molecule has 7 nitrogen and oxygen atoms in total. The predicted molar refractivity (Wildman–Crippen MR) is 86.6 cm³/mol. The molecular formula is C12H16N4O3S3. The zero-order valence-electron chi connectivity index (χ0n) is 12.0. The first kappa shape index (κ1) is 15.8. The number of hydrogen-bond acceptors (Lipinski definition) is 7. The largest absolute Gasteiger partial charge is 0.408 e. The van der Waals surface area contributed by atoms with Gasteiger partial charge in [0.05, 0.1) is 17.8 Å². The fourth-order valence-corrected chi connectivity index (χ4v) is 3.94. The topological polar surface area (TPSA) is 71.6 Å². The van der Waals surface area contributed by atoms with Crippen LogP contribution < -0.4 is 0 Å². The molecule has 0 atom stereocenters. The predicted octanol–water partition coefficient (Wildman–Crippen LogP) is 1.47. The SMILES string of the molecule is CS(=O)(=O)N1CCN(Cn2nc(-c3cccs3)oc2=S)CC1. The van der Waals surface area contributed by atoms with Crippen LogP contribution in [0.15, 0.2) is 21.9 Å². The minimum absolute atomic E-state index is 0.328. The summed E-state index contributed by atoms with van der Waals surface area (Å²) in [6.45, 7) is 2.78. The molecule has 120 valence electrons. The molecule has 1 saturated heterocycles. The van der Waals surface area contributed by atoms with Crippen LogP contribution in [0.1, 0.15) is 0 Å². The smallest absolute Gasteiger partial charge is 0.288 e. The average Bonchev–Trinajstić information content (AvgIpc) is 3.09. The van der Waals surface area contributed by atoms with Crippen LogP contribution in [0.3, 0.4) is 0 Å². The van der Waals surface area contributed by atoms with E-state index in [0.717, 1.165) is 4.88 Å². The summed E-state index contributed by atoms with van der Waals surface area (Å²) in [5.41, 5.74) is 0. The van der Waals surface area contributed by atoms with Gasteiger partial charge in [0.1, 0.15) is 0 Å². The summed E-state index contributed by atoms with van der Waals surface area (Å²) in [4.78, 5) is 3.37. The molecule has 2 aromatic rings. The second-order valence-corrected chi connectivity index (χ2v) is 8.35. The van der Waals surface area contributed by atoms with Gasteiger partial charge in [-0.3, -0.25) is 4.90 Å². The molecule has 0 saturated carbocycles. The van der Waals surface area contributed by atoms with Crippen LogP contribution in [-0.2, 0) is 16.7 Å². The van der Waals surface area contributed by atoms with E-state index < -0.39 is 10.0 Å². The van der Waals surface area contributed by atoms with Gasteiger partial charge in [-0.1, -0.05) is 6.07 Å². The normalized spacial score (nSPS) is 17.9. The van der Waals surface area contributed by atoms with E-state index in [0.29, 0.717) is 43.6 Å². The lowest BCUT2D eigenvalue weighted by molar-refractivity contribution is 0.144. The first-order valence-corrected chi connectivity index (χ1v) is 9.86. The summed E-state index contributed by atoms with van der Waals surface area (Å²) >= 11 is 6.75. The molecule has 0 N–H and O–H groups in total. The zero-order chi connectivity index (χ0) is 15.7. The monoisotopic (exact) mass is 360 g/mol. The molecule has 0 unspecified atom stereocenters. The molecule has 0 bridgehead atoms. The van der Waals surface area contributed by atoms with Crippen molar-refractivity contribution in [3.8, 4) is 10.8 Å². The zero-order valence-corrected chi connectivity index (χ0v) is 14.5. The second-order valence-electron chi connectivity index (χ2n) is 5.07. The summed E-state index contributed by atoms with van der Waals surface area (Å²) < 4.78 is 31.6. The minimum atomic E-state index is -3.11. The highest BCUT2D eigenvalue weighted by Crippen LogP contribution is 2.23. The van der Waals surface area contributed by atoms with Gasteiger partial charge in [0.25, 0.3) is 10.7 Å². The van der Waals surface area contributed by atoms with E-state index in [1.807, 2.05) is 17.5 Å². The molecule has 2 aromatic heterocycles. The maximum Gasteiger partial charge on any atom is 0.288 e. The Labute approximate surface area is 137 Å². The molecule has 0 spiro atoms. The van der Waals surface area contributed by atoms with Crippen molar-refractivity contribution in [1.82, 2.24) is 19.0 Å². The second kappa shape index (κ2) is 6.20. The van der Waals surface area contributed by atoms with E-state index in [-0.39, 0.29) is 0 Å². The Kier molecular flexibility index (Phi) is 4.46. The number of thiophene rings is 1. The molecule has 1 aliphatic heterocycles. The third-order valence-corrected chi connectivity index (χ3v) is 5.93. The van der Waals surface area contributed by atoms with Gasteiger partial charge < -0.3 is 4.42 Å². The summed E-state index contributed by atoms with van der Waals surface area (Å²) in [6, 6.07) is 3.86. The van der Waals surface area contributed by atoms with Crippen LogP contribution in [0.2, 0.25) is 0 Å². The highest BCUT2D eigenvalue weighted by molar-refractivity contribution is 7.88. The quantitative estimate of drug-likeness (QED) is 0.769. The van der Waals surface area contributed by atoms with Crippen molar-refractivity contribution in [3.05, 3.63) is 22.4 Å². The molecule has 0 radical (unpaired) electrons. The van der Waals surface area contributed by atoms with Crippen LogP contribution in [0.5, 0.6) is 0 Å². The van der Waals surface area contributed by atoms with Gasteiger partial charge in [0.2, 0.25) is 10.0 Å². The van der Waals surface area contributed by atoms with Crippen molar-refractivity contribution in [2.24, 2.45) is 0 Å². The van der Waals surface area contributed by atoms with E-state index in [4.69, 9.17) is 16.6 Å².